The van der Waals surface area contributed by atoms with Gasteiger partial charge >= 0.3 is 0 Å². The highest BCUT2D eigenvalue weighted by atomic mass is 32.1. The van der Waals surface area contributed by atoms with E-state index in [1.54, 1.807) is 22.1 Å². The van der Waals surface area contributed by atoms with Crippen molar-refractivity contribution in [1.29, 1.82) is 0 Å². The number of aromatic nitrogens is 5. The third-order valence-electron chi connectivity index (χ3n) is 2.50. The fourth-order valence-electron chi connectivity index (χ4n) is 1.70. The lowest BCUT2D eigenvalue weighted by Gasteiger charge is -2.02. The number of nitrogens with two attached hydrogens (primary N) is 1. The Morgan fingerprint density at radius 1 is 1.39 bits per heavy atom. The van der Waals surface area contributed by atoms with Gasteiger partial charge in [0.25, 0.3) is 0 Å². The second-order valence-electron chi connectivity index (χ2n) is 3.54. The number of rotatable bonds is 3. The van der Waals surface area contributed by atoms with Gasteiger partial charge in [0.15, 0.2) is 11.2 Å². The lowest BCUT2D eigenvalue weighted by atomic mass is 10.5. The summed E-state index contributed by atoms with van der Waals surface area (Å²) in [5, 5.41) is 2.86. The number of ether oxygens (including phenoxy) is 1. The minimum Gasteiger partial charge on any atom is -0.479 e. The molecule has 0 aliphatic heterocycles. The maximum absolute atomic E-state index is 5.90. The Labute approximate surface area is 106 Å². The quantitative estimate of drug-likeness (QED) is 0.754. The third-order valence-corrected chi connectivity index (χ3v) is 3.26. The summed E-state index contributed by atoms with van der Waals surface area (Å²) < 4.78 is 6.93. The molecule has 18 heavy (non-hydrogen) atoms. The molecule has 0 aliphatic carbocycles. The molecular weight excluding hydrogens is 252 g/mol. The van der Waals surface area contributed by atoms with Gasteiger partial charge in [-0.1, -0.05) is 0 Å². The van der Waals surface area contributed by atoms with Crippen LogP contribution in [0.3, 0.4) is 0 Å². The molecule has 7 nitrogen and oxygen atoms in total. The van der Waals surface area contributed by atoms with Crippen LogP contribution in [0.25, 0.3) is 11.2 Å². The summed E-state index contributed by atoms with van der Waals surface area (Å²) >= 11 is 1.56. The highest BCUT2D eigenvalue weighted by Gasteiger charge is 2.15. The van der Waals surface area contributed by atoms with Gasteiger partial charge in [0, 0.05) is 11.6 Å². The molecule has 0 aliphatic rings. The summed E-state index contributed by atoms with van der Waals surface area (Å²) in [6, 6.07) is 0. The lowest BCUT2D eigenvalue weighted by Crippen LogP contribution is -2.05. The fraction of sp³-hybridized carbons (Fsp3) is 0.200. The highest BCUT2D eigenvalue weighted by molar-refractivity contribution is 7.09. The Kier molecular flexibility index (Phi) is 2.56. The number of thiazole rings is 1. The number of nitrogens with zero attached hydrogens (tertiary/aromatic N) is 5. The van der Waals surface area contributed by atoms with Gasteiger partial charge in [0.2, 0.25) is 11.8 Å². The van der Waals surface area contributed by atoms with Crippen molar-refractivity contribution < 1.29 is 4.74 Å². The van der Waals surface area contributed by atoms with E-state index in [1.807, 2.05) is 5.38 Å². The van der Waals surface area contributed by atoms with E-state index in [1.165, 1.54) is 13.4 Å². The number of nitrogen functional groups attached to an aromatic ring is 1. The molecule has 3 heterocycles. The molecule has 3 aromatic heterocycles. The van der Waals surface area contributed by atoms with Crippen molar-refractivity contribution in [3.05, 3.63) is 22.9 Å². The van der Waals surface area contributed by atoms with Gasteiger partial charge < -0.3 is 10.5 Å². The van der Waals surface area contributed by atoms with Crippen molar-refractivity contribution in [3.8, 4) is 5.88 Å². The van der Waals surface area contributed by atoms with Crippen molar-refractivity contribution in [3.63, 3.8) is 0 Å². The maximum atomic E-state index is 5.90. The largest absolute Gasteiger partial charge is 0.479 e. The molecule has 3 aromatic rings. The molecule has 0 saturated heterocycles. The number of hydrogen-bond acceptors (Lipinski definition) is 7. The number of fused-ring (bicyclic) bond motifs is 1. The van der Waals surface area contributed by atoms with Gasteiger partial charge in [-0.15, -0.1) is 11.3 Å². The minimum atomic E-state index is 0.374. The normalized spacial score (nSPS) is 10.9. The molecular formula is C10H10N6OS. The van der Waals surface area contributed by atoms with Crippen molar-refractivity contribution in [2.45, 2.75) is 6.54 Å². The van der Waals surface area contributed by atoms with E-state index in [4.69, 9.17) is 10.5 Å². The van der Waals surface area contributed by atoms with Crippen LogP contribution < -0.4 is 10.5 Å². The first-order valence-electron chi connectivity index (χ1n) is 5.18. The highest BCUT2D eigenvalue weighted by Crippen LogP contribution is 2.23. The van der Waals surface area contributed by atoms with Crippen molar-refractivity contribution in [1.82, 2.24) is 24.5 Å². The maximum Gasteiger partial charge on any atom is 0.245 e. The number of methoxy groups -OCH3 is 1. The molecule has 0 spiro atoms. The molecule has 0 saturated carbocycles. The predicted octanol–water partition coefficient (Wildman–Crippen LogP) is 0.922. The van der Waals surface area contributed by atoms with Gasteiger partial charge in [0.05, 0.1) is 13.7 Å². The molecule has 2 N–H and O–H groups in total. The molecule has 0 aromatic carbocycles. The minimum absolute atomic E-state index is 0.374. The zero-order valence-electron chi connectivity index (χ0n) is 9.57. The topological polar surface area (TPSA) is 91.7 Å². The first-order chi connectivity index (χ1) is 8.79. The Balaban J connectivity index is 2.14. The summed E-state index contributed by atoms with van der Waals surface area (Å²) in [5.74, 6) is 0.795. The summed E-state index contributed by atoms with van der Waals surface area (Å²) in [6.07, 6.45) is 3.19. The summed E-state index contributed by atoms with van der Waals surface area (Å²) in [4.78, 5) is 16.6. The zero-order chi connectivity index (χ0) is 12.5. The van der Waals surface area contributed by atoms with E-state index < -0.39 is 0 Å². The molecule has 3 rings (SSSR count). The molecule has 8 heteroatoms. The smallest absolute Gasteiger partial charge is 0.245 e. The molecule has 0 amide bonds. The van der Waals surface area contributed by atoms with Crippen LogP contribution in [0.2, 0.25) is 0 Å². The monoisotopic (exact) mass is 262 g/mol. The molecule has 0 radical (unpaired) electrons. The number of hydrogen-bond donors (Lipinski definition) is 1. The van der Waals surface area contributed by atoms with E-state index in [0.29, 0.717) is 29.5 Å². The Morgan fingerprint density at radius 3 is 3.00 bits per heavy atom. The van der Waals surface area contributed by atoms with E-state index in [0.717, 1.165) is 5.01 Å². The van der Waals surface area contributed by atoms with Gasteiger partial charge in [-0.3, -0.25) is 4.57 Å². The van der Waals surface area contributed by atoms with Crippen LogP contribution in [0.5, 0.6) is 5.88 Å². The van der Waals surface area contributed by atoms with E-state index in [9.17, 15) is 0 Å². The first kappa shape index (κ1) is 10.9. The van der Waals surface area contributed by atoms with E-state index >= 15 is 0 Å². The SMILES string of the molecule is COc1ncnc2c1nc(N)n2Cc1nccs1. The number of imidazole rings is 1. The van der Waals surface area contributed by atoms with Crippen LogP contribution >= 0.6 is 11.3 Å². The van der Waals surface area contributed by atoms with E-state index in [2.05, 4.69) is 19.9 Å². The molecule has 0 fully saturated rings. The van der Waals surface area contributed by atoms with Crippen LogP contribution in [0, 0.1) is 0 Å². The Bertz CT molecular complexity index is 677. The van der Waals surface area contributed by atoms with Crippen LogP contribution in [-0.2, 0) is 6.54 Å². The van der Waals surface area contributed by atoms with Crippen LogP contribution in [0.1, 0.15) is 5.01 Å². The molecule has 0 atom stereocenters. The van der Waals surface area contributed by atoms with Crippen LogP contribution in [0.4, 0.5) is 5.95 Å². The van der Waals surface area contributed by atoms with Gasteiger partial charge in [-0.05, 0) is 0 Å². The summed E-state index contributed by atoms with van der Waals surface area (Å²) in [6.45, 7) is 0.542. The molecule has 0 unspecified atom stereocenters. The summed E-state index contributed by atoms with van der Waals surface area (Å²) in [5.41, 5.74) is 7.11. The Hall–Kier alpha value is -2.22. The van der Waals surface area contributed by atoms with Crippen molar-refractivity contribution >= 4 is 28.4 Å². The Morgan fingerprint density at radius 2 is 2.28 bits per heavy atom. The summed E-state index contributed by atoms with van der Waals surface area (Å²) in [7, 11) is 1.54. The lowest BCUT2D eigenvalue weighted by molar-refractivity contribution is 0.401. The number of anilines is 1. The second kappa shape index (κ2) is 4.22. The third kappa shape index (κ3) is 1.66. The average molecular weight is 262 g/mol. The second-order valence-corrected chi connectivity index (χ2v) is 4.52. The molecule has 0 bridgehead atoms. The standard InChI is InChI=1S/C10H10N6OS/c1-17-9-7-8(13-5-14-9)16(10(11)15-7)4-6-12-2-3-18-6/h2-3,5H,4H2,1H3,(H2,11,15). The van der Waals surface area contributed by atoms with Gasteiger partial charge in [0.1, 0.15) is 11.3 Å². The fourth-order valence-corrected chi connectivity index (χ4v) is 2.31. The van der Waals surface area contributed by atoms with E-state index in [-0.39, 0.29) is 0 Å². The van der Waals surface area contributed by atoms with Crippen molar-refractivity contribution in [2.75, 3.05) is 12.8 Å². The first-order valence-corrected chi connectivity index (χ1v) is 6.06. The van der Waals surface area contributed by atoms with Gasteiger partial charge in [-0.2, -0.15) is 4.98 Å². The average Bonchev–Trinajstić information content (AvgIpc) is 2.99. The molecule has 92 valence electrons. The zero-order valence-corrected chi connectivity index (χ0v) is 10.4. The van der Waals surface area contributed by atoms with Crippen LogP contribution in [0.15, 0.2) is 17.9 Å². The van der Waals surface area contributed by atoms with Crippen molar-refractivity contribution in [2.24, 2.45) is 0 Å². The predicted molar refractivity (Wildman–Crippen MR) is 67.5 cm³/mol. The van der Waals surface area contributed by atoms with Crippen LogP contribution in [-0.4, -0.2) is 31.6 Å². The van der Waals surface area contributed by atoms with Gasteiger partial charge in [-0.25, -0.2) is 15.0 Å².